The summed E-state index contributed by atoms with van der Waals surface area (Å²) in [6, 6.07) is 5.95. The van der Waals surface area contributed by atoms with E-state index in [2.05, 4.69) is 38.8 Å². The minimum absolute atomic E-state index is 0.143. The Labute approximate surface area is 123 Å². The van der Waals surface area contributed by atoms with Crippen molar-refractivity contribution in [1.82, 2.24) is 4.90 Å². The smallest absolute Gasteiger partial charge is 0.123 e. The molecule has 1 N–H and O–H groups in total. The molecule has 0 aliphatic heterocycles. The van der Waals surface area contributed by atoms with Crippen molar-refractivity contribution in [3.05, 3.63) is 29.3 Å². The lowest BCUT2D eigenvalue weighted by Crippen LogP contribution is -2.39. The number of rotatable bonds is 7. The first-order chi connectivity index (χ1) is 9.31. The highest BCUT2D eigenvalue weighted by Gasteiger charge is 2.22. The molecule has 0 saturated carbocycles. The van der Waals surface area contributed by atoms with Crippen molar-refractivity contribution in [2.24, 2.45) is 0 Å². The predicted octanol–water partition coefficient (Wildman–Crippen LogP) is 3.76. The van der Waals surface area contributed by atoms with Crippen molar-refractivity contribution >= 4 is 0 Å². The number of aliphatic hydroxyl groups excluding tert-OH is 1. The van der Waals surface area contributed by atoms with Gasteiger partial charge in [-0.2, -0.15) is 0 Å². The summed E-state index contributed by atoms with van der Waals surface area (Å²) in [7, 11) is 2.13. The molecule has 0 heterocycles. The Kier molecular flexibility index (Phi) is 6.03. The third-order valence-electron chi connectivity index (χ3n) is 4.17. The summed E-state index contributed by atoms with van der Waals surface area (Å²) in [5.41, 5.74) is 2.21. The van der Waals surface area contributed by atoms with Gasteiger partial charge < -0.3 is 9.84 Å². The number of hydrogen-bond donors (Lipinski definition) is 1. The van der Waals surface area contributed by atoms with Gasteiger partial charge in [0.05, 0.1) is 12.7 Å². The minimum atomic E-state index is -0.450. The topological polar surface area (TPSA) is 32.7 Å². The van der Waals surface area contributed by atoms with E-state index in [1.165, 1.54) is 0 Å². The molecule has 0 bridgehead atoms. The maximum atomic E-state index is 9.75. The maximum Gasteiger partial charge on any atom is 0.123 e. The lowest BCUT2D eigenvalue weighted by atomic mass is 9.98. The molecule has 1 rings (SSSR count). The van der Waals surface area contributed by atoms with Crippen LogP contribution in [0.1, 0.15) is 58.3 Å². The Morgan fingerprint density at radius 3 is 2.45 bits per heavy atom. The highest BCUT2D eigenvalue weighted by Crippen LogP contribution is 2.27. The van der Waals surface area contributed by atoms with E-state index in [0.717, 1.165) is 29.8 Å². The molecule has 1 aromatic rings. The van der Waals surface area contributed by atoms with Gasteiger partial charge in [0.25, 0.3) is 0 Å². The molecule has 0 amide bonds. The predicted molar refractivity (Wildman–Crippen MR) is 84.1 cm³/mol. The molecule has 0 aliphatic rings. The van der Waals surface area contributed by atoms with E-state index in [0.29, 0.717) is 6.61 Å². The molecule has 1 unspecified atom stereocenters. The van der Waals surface area contributed by atoms with Crippen LogP contribution in [0.15, 0.2) is 18.2 Å². The van der Waals surface area contributed by atoms with Gasteiger partial charge in [0, 0.05) is 17.6 Å². The largest absolute Gasteiger partial charge is 0.494 e. The molecular weight excluding hydrogens is 250 g/mol. The van der Waals surface area contributed by atoms with Crippen molar-refractivity contribution in [3.8, 4) is 5.75 Å². The molecule has 114 valence electrons. The average Bonchev–Trinajstić information content (AvgIpc) is 2.40. The van der Waals surface area contributed by atoms with Crippen molar-refractivity contribution in [1.29, 1.82) is 0 Å². The van der Waals surface area contributed by atoms with Gasteiger partial charge in [-0.15, -0.1) is 0 Å². The highest BCUT2D eigenvalue weighted by atomic mass is 16.5. The van der Waals surface area contributed by atoms with E-state index in [1.807, 2.05) is 19.1 Å². The molecule has 0 saturated heterocycles. The van der Waals surface area contributed by atoms with Gasteiger partial charge in [-0.05, 0) is 58.9 Å². The summed E-state index contributed by atoms with van der Waals surface area (Å²) in [6.45, 7) is 11.9. The maximum absolute atomic E-state index is 9.75. The Morgan fingerprint density at radius 1 is 1.30 bits per heavy atom. The van der Waals surface area contributed by atoms with E-state index in [4.69, 9.17) is 4.74 Å². The van der Waals surface area contributed by atoms with Crippen LogP contribution in [-0.2, 0) is 6.54 Å². The standard InChI is InChI=1S/C17H29NO2/c1-7-17(4,5)18(6)12-15-11-14(13(3)19)9-10-16(15)20-8-2/h9-11,13,19H,7-8,12H2,1-6H3. The molecule has 0 fully saturated rings. The van der Waals surface area contributed by atoms with Crippen LogP contribution in [0.5, 0.6) is 5.75 Å². The lowest BCUT2D eigenvalue weighted by molar-refractivity contribution is 0.141. The summed E-state index contributed by atoms with van der Waals surface area (Å²) in [5.74, 6) is 0.913. The summed E-state index contributed by atoms with van der Waals surface area (Å²) < 4.78 is 5.71. The Morgan fingerprint density at radius 2 is 1.95 bits per heavy atom. The van der Waals surface area contributed by atoms with E-state index in [9.17, 15) is 5.11 Å². The number of benzene rings is 1. The molecule has 0 radical (unpaired) electrons. The average molecular weight is 279 g/mol. The monoisotopic (exact) mass is 279 g/mol. The fourth-order valence-corrected chi connectivity index (χ4v) is 2.02. The Balaban J connectivity index is 3.03. The number of aliphatic hydroxyl groups is 1. The molecule has 20 heavy (non-hydrogen) atoms. The van der Waals surface area contributed by atoms with E-state index < -0.39 is 6.10 Å². The Bertz CT molecular complexity index is 427. The van der Waals surface area contributed by atoms with E-state index >= 15 is 0 Å². The second-order valence-corrected chi connectivity index (χ2v) is 6.00. The highest BCUT2D eigenvalue weighted by molar-refractivity contribution is 5.38. The summed E-state index contributed by atoms with van der Waals surface area (Å²) >= 11 is 0. The van der Waals surface area contributed by atoms with Gasteiger partial charge in [-0.25, -0.2) is 0 Å². The summed E-state index contributed by atoms with van der Waals surface area (Å²) in [5, 5.41) is 9.75. The molecule has 3 heteroatoms. The SMILES string of the molecule is CCOc1ccc(C(C)O)cc1CN(C)C(C)(C)CC. The third-order valence-corrected chi connectivity index (χ3v) is 4.17. The second-order valence-electron chi connectivity index (χ2n) is 6.00. The van der Waals surface area contributed by atoms with Gasteiger partial charge in [0.15, 0.2) is 0 Å². The zero-order valence-corrected chi connectivity index (χ0v) is 13.7. The lowest BCUT2D eigenvalue weighted by Gasteiger charge is -2.35. The van der Waals surface area contributed by atoms with Gasteiger partial charge in [-0.3, -0.25) is 4.90 Å². The van der Waals surface area contributed by atoms with Gasteiger partial charge in [0.1, 0.15) is 5.75 Å². The van der Waals surface area contributed by atoms with Crippen LogP contribution >= 0.6 is 0 Å². The van der Waals surface area contributed by atoms with Crippen LogP contribution in [0.3, 0.4) is 0 Å². The fourth-order valence-electron chi connectivity index (χ4n) is 2.02. The second kappa shape index (κ2) is 7.09. The zero-order valence-electron chi connectivity index (χ0n) is 13.7. The zero-order chi connectivity index (χ0) is 15.3. The number of nitrogens with zero attached hydrogens (tertiary/aromatic N) is 1. The van der Waals surface area contributed by atoms with Crippen LogP contribution < -0.4 is 4.74 Å². The number of ether oxygens (including phenoxy) is 1. The fraction of sp³-hybridized carbons (Fsp3) is 0.647. The number of hydrogen-bond acceptors (Lipinski definition) is 3. The van der Waals surface area contributed by atoms with Crippen molar-refractivity contribution < 1.29 is 9.84 Å². The van der Waals surface area contributed by atoms with Crippen molar-refractivity contribution in [2.75, 3.05) is 13.7 Å². The van der Waals surface area contributed by atoms with E-state index in [-0.39, 0.29) is 5.54 Å². The first-order valence-corrected chi connectivity index (χ1v) is 7.46. The van der Waals surface area contributed by atoms with Crippen LogP contribution in [0.2, 0.25) is 0 Å². The van der Waals surface area contributed by atoms with E-state index in [1.54, 1.807) is 6.92 Å². The van der Waals surface area contributed by atoms with Gasteiger partial charge >= 0.3 is 0 Å². The van der Waals surface area contributed by atoms with Crippen molar-refractivity contribution in [2.45, 2.75) is 59.2 Å². The molecule has 3 nitrogen and oxygen atoms in total. The quantitative estimate of drug-likeness (QED) is 0.825. The molecule has 1 aromatic carbocycles. The third kappa shape index (κ3) is 4.22. The molecule has 0 aliphatic carbocycles. The van der Waals surface area contributed by atoms with Crippen LogP contribution in [0, 0.1) is 0 Å². The molecule has 0 spiro atoms. The normalized spacial score (nSPS) is 13.6. The summed E-state index contributed by atoms with van der Waals surface area (Å²) in [4.78, 5) is 2.33. The first-order valence-electron chi connectivity index (χ1n) is 7.46. The minimum Gasteiger partial charge on any atom is -0.494 e. The van der Waals surface area contributed by atoms with Gasteiger partial charge in [-0.1, -0.05) is 13.0 Å². The van der Waals surface area contributed by atoms with Crippen molar-refractivity contribution in [3.63, 3.8) is 0 Å². The molecule has 1 atom stereocenters. The van der Waals surface area contributed by atoms with Gasteiger partial charge in [0.2, 0.25) is 0 Å². The van der Waals surface area contributed by atoms with Crippen LogP contribution in [0.25, 0.3) is 0 Å². The Hall–Kier alpha value is -1.06. The van der Waals surface area contributed by atoms with Crippen LogP contribution in [0.4, 0.5) is 0 Å². The first kappa shape index (κ1) is 17.0. The molecule has 0 aromatic heterocycles. The van der Waals surface area contributed by atoms with Crippen LogP contribution in [-0.4, -0.2) is 29.2 Å². The molecular formula is C17H29NO2. The summed E-state index contributed by atoms with van der Waals surface area (Å²) in [6.07, 6.45) is 0.637.